The summed E-state index contributed by atoms with van der Waals surface area (Å²) < 4.78 is 5.17. The van der Waals surface area contributed by atoms with Gasteiger partial charge in [-0.2, -0.15) is 5.06 Å². The van der Waals surface area contributed by atoms with Crippen molar-refractivity contribution in [2.45, 2.75) is 39.2 Å². The first-order valence-electron chi connectivity index (χ1n) is 6.18. The van der Waals surface area contributed by atoms with Crippen molar-refractivity contribution >= 4 is 6.09 Å². The van der Waals surface area contributed by atoms with Crippen LogP contribution in [0.4, 0.5) is 4.79 Å². The van der Waals surface area contributed by atoms with Crippen LogP contribution < -0.4 is 0 Å². The van der Waals surface area contributed by atoms with E-state index in [4.69, 9.17) is 4.74 Å². The van der Waals surface area contributed by atoms with Gasteiger partial charge in [-0.05, 0) is 32.3 Å². The Hall–Kier alpha value is -1.55. The maximum Gasteiger partial charge on any atom is 0.434 e. The Bertz CT molecular complexity index is 376. The van der Waals surface area contributed by atoms with Crippen LogP contribution in [-0.2, 0) is 11.2 Å². The van der Waals surface area contributed by atoms with Crippen molar-refractivity contribution in [2.24, 2.45) is 0 Å². The monoisotopic (exact) mass is 251 g/mol. The minimum atomic E-state index is -0.696. The van der Waals surface area contributed by atoms with E-state index in [0.29, 0.717) is 17.9 Å². The van der Waals surface area contributed by atoms with Gasteiger partial charge in [-0.15, -0.1) is 0 Å². The molecule has 18 heavy (non-hydrogen) atoms. The molecule has 1 N–H and O–H groups in total. The van der Waals surface area contributed by atoms with Crippen LogP contribution in [0.25, 0.3) is 0 Å². The van der Waals surface area contributed by atoms with Crippen LogP contribution in [0, 0.1) is 0 Å². The van der Waals surface area contributed by atoms with Gasteiger partial charge < -0.3 is 4.74 Å². The average molecular weight is 251 g/mol. The number of carbonyl (C=O) groups excluding carboxylic acids is 1. The molecule has 0 spiro atoms. The molecule has 0 aromatic heterocycles. The number of rotatable bonds is 5. The van der Waals surface area contributed by atoms with Crippen LogP contribution in [0.5, 0.6) is 0 Å². The second-order valence-electron chi connectivity index (χ2n) is 4.84. The van der Waals surface area contributed by atoms with E-state index in [1.165, 1.54) is 0 Å². The van der Waals surface area contributed by atoms with Crippen LogP contribution in [0.3, 0.4) is 0 Å². The van der Waals surface area contributed by atoms with E-state index in [0.717, 1.165) is 5.56 Å². The molecule has 0 fully saturated rings. The molecule has 0 saturated heterocycles. The number of ether oxygens (including phenoxy) is 1. The van der Waals surface area contributed by atoms with E-state index in [-0.39, 0.29) is 6.54 Å². The van der Waals surface area contributed by atoms with Gasteiger partial charge in [-0.1, -0.05) is 37.3 Å². The third-order valence-electron chi connectivity index (χ3n) is 2.88. The first-order chi connectivity index (χ1) is 8.44. The van der Waals surface area contributed by atoms with Gasteiger partial charge in [-0.25, -0.2) is 4.79 Å². The molecule has 100 valence electrons. The van der Waals surface area contributed by atoms with Gasteiger partial charge in [0.05, 0.1) is 6.54 Å². The quantitative estimate of drug-likeness (QED) is 0.645. The zero-order chi connectivity index (χ0) is 13.6. The van der Waals surface area contributed by atoms with Crippen LogP contribution in [0.1, 0.15) is 32.8 Å². The summed E-state index contributed by atoms with van der Waals surface area (Å²) in [5.74, 6) is 0. The van der Waals surface area contributed by atoms with Crippen molar-refractivity contribution in [1.29, 1.82) is 0 Å². The second-order valence-corrected chi connectivity index (χ2v) is 4.84. The molecule has 0 saturated carbocycles. The molecule has 0 aliphatic carbocycles. The van der Waals surface area contributed by atoms with E-state index in [2.05, 4.69) is 0 Å². The molecule has 0 radical (unpaired) electrons. The number of hydrogen-bond donors (Lipinski definition) is 1. The van der Waals surface area contributed by atoms with Crippen LogP contribution in [-0.4, -0.2) is 28.5 Å². The Kier molecular flexibility index (Phi) is 5.16. The molecule has 1 rings (SSSR count). The minimum absolute atomic E-state index is 0.225. The highest BCUT2D eigenvalue weighted by atomic mass is 16.6. The fourth-order valence-corrected chi connectivity index (χ4v) is 1.33. The molecule has 1 amide bonds. The third kappa shape index (κ3) is 4.75. The van der Waals surface area contributed by atoms with Crippen molar-refractivity contribution in [1.82, 2.24) is 5.06 Å². The SMILES string of the molecule is CCC(C)(C)OC(=O)N(O)CCc1ccccc1. The van der Waals surface area contributed by atoms with Gasteiger partial charge in [-0.3, -0.25) is 5.21 Å². The first kappa shape index (κ1) is 14.5. The lowest BCUT2D eigenvalue weighted by atomic mass is 10.1. The van der Waals surface area contributed by atoms with E-state index in [9.17, 15) is 10.0 Å². The van der Waals surface area contributed by atoms with Gasteiger partial charge >= 0.3 is 6.09 Å². The lowest BCUT2D eigenvalue weighted by molar-refractivity contribution is -0.0967. The number of nitrogens with zero attached hydrogens (tertiary/aromatic N) is 1. The highest BCUT2D eigenvalue weighted by Crippen LogP contribution is 2.15. The molecule has 1 aromatic rings. The average Bonchev–Trinajstić information content (AvgIpc) is 2.36. The molecule has 4 heteroatoms. The van der Waals surface area contributed by atoms with Gasteiger partial charge in [0.1, 0.15) is 5.60 Å². The lowest BCUT2D eigenvalue weighted by Crippen LogP contribution is -2.36. The second kappa shape index (κ2) is 6.40. The fraction of sp³-hybridized carbons (Fsp3) is 0.500. The molecular weight excluding hydrogens is 230 g/mol. The fourth-order valence-electron chi connectivity index (χ4n) is 1.33. The maximum absolute atomic E-state index is 11.6. The molecule has 0 bridgehead atoms. The van der Waals surface area contributed by atoms with Crippen molar-refractivity contribution < 1.29 is 14.7 Å². The highest BCUT2D eigenvalue weighted by molar-refractivity contribution is 5.66. The molecular formula is C14H21NO3. The maximum atomic E-state index is 11.6. The Morgan fingerprint density at radius 2 is 1.94 bits per heavy atom. The molecule has 0 atom stereocenters. The number of amides is 1. The summed E-state index contributed by atoms with van der Waals surface area (Å²) in [6.07, 6.45) is 0.599. The number of carbonyl (C=O) groups is 1. The Labute approximate surface area is 108 Å². The Morgan fingerprint density at radius 1 is 1.33 bits per heavy atom. The highest BCUT2D eigenvalue weighted by Gasteiger charge is 2.23. The summed E-state index contributed by atoms with van der Waals surface area (Å²) in [5.41, 5.74) is 0.518. The molecule has 4 nitrogen and oxygen atoms in total. The minimum Gasteiger partial charge on any atom is -0.442 e. The van der Waals surface area contributed by atoms with Crippen LogP contribution in [0.15, 0.2) is 30.3 Å². The van der Waals surface area contributed by atoms with Crippen molar-refractivity contribution in [2.75, 3.05) is 6.54 Å². The molecule has 0 heterocycles. The van der Waals surface area contributed by atoms with E-state index >= 15 is 0 Å². The van der Waals surface area contributed by atoms with Gasteiger partial charge in [0.25, 0.3) is 0 Å². The zero-order valence-corrected chi connectivity index (χ0v) is 11.2. The molecule has 0 aliphatic rings. The van der Waals surface area contributed by atoms with Crippen LogP contribution >= 0.6 is 0 Å². The summed E-state index contributed by atoms with van der Waals surface area (Å²) in [5, 5.41) is 10.2. The Balaban J connectivity index is 2.41. The normalized spacial score (nSPS) is 11.1. The van der Waals surface area contributed by atoms with Gasteiger partial charge in [0.15, 0.2) is 0 Å². The molecule has 1 aromatic carbocycles. The van der Waals surface area contributed by atoms with Gasteiger partial charge in [0.2, 0.25) is 0 Å². The van der Waals surface area contributed by atoms with Crippen molar-refractivity contribution in [3.63, 3.8) is 0 Å². The summed E-state index contributed by atoms with van der Waals surface area (Å²) in [6.45, 7) is 5.79. The number of benzene rings is 1. The summed E-state index contributed by atoms with van der Waals surface area (Å²) in [4.78, 5) is 11.6. The van der Waals surface area contributed by atoms with E-state index < -0.39 is 11.7 Å². The lowest BCUT2D eigenvalue weighted by Gasteiger charge is -2.25. The van der Waals surface area contributed by atoms with Crippen molar-refractivity contribution in [3.8, 4) is 0 Å². The zero-order valence-electron chi connectivity index (χ0n) is 11.2. The Morgan fingerprint density at radius 3 is 2.50 bits per heavy atom. The van der Waals surface area contributed by atoms with Crippen molar-refractivity contribution in [3.05, 3.63) is 35.9 Å². The predicted octanol–water partition coefficient (Wildman–Crippen LogP) is 3.25. The molecule has 0 aliphatic heterocycles. The summed E-state index contributed by atoms with van der Waals surface area (Å²) in [7, 11) is 0. The van der Waals surface area contributed by atoms with E-state index in [1.807, 2.05) is 51.1 Å². The third-order valence-corrected chi connectivity index (χ3v) is 2.88. The predicted molar refractivity (Wildman–Crippen MR) is 69.5 cm³/mol. The van der Waals surface area contributed by atoms with Gasteiger partial charge in [0, 0.05) is 0 Å². The molecule has 0 unspecified atom stereocenters. The summed E-state index contributed by atoms with van der Waals surface area (Å²) >= 11 is 0. The first-order valence-corrected chi connectivity index (χ1v) is 6.18. The van der Waals surface area contributed by atoms with Crippen LogP contribution in [0.2, 0.25) is 0 Å². The number of hydroxylamine groups is 2. The number of hydrogen-bond acceptors (Lipinski definition) is 3. The topological polar surface area (TPSA) is 49.8 Å². The largest absolute Gasteiger partial charge is 0.442 e. The standard InChI is InChI=1S/C14H21NO3/c1-4-14(2,3)18-13(16)15(17)11-10-12-8-6-5-7-9-12/h5-9,17H,4,10-11H2,1-3H3. The smallest absolute Gasteiger partial charge is 0.434 e. The van der Waals surface area contributed by atoms with E-state index in [1.54, 1.807) is 0 Å². The summed E-state index contributed by atoms with van der Waals surface area (Å²) in [6, 6.07) is 9.69.